The number of anilines is 1. The van der Waals surface area contributed by atoms with Gasteiger partial charge in [-0.2, -0.15) is 0 Å². The first kappa shape index (κ1) is 20.4. The lowest BCUT2D eigenvalue weighted by atomic mass is 9.90. The van der Waals surface area contributed by atoms with Gasteiger partial charge in [-0.05, 0) is 37.1 Å². The molecule has 0 spiro atoms. The number of aromatic nitrogens is 2. The highest BCUT2D eigenvalue weighted by Gasteiger charge is 2.32. The van der Waals surface area contributed by atoms with Crippen molar-refractivity contribution in [1.29, 1.82) is 0 Å². The van der Waals surface area contributed by atoms with Gasteiger partial charge in [-0.15, -0.1) is 0 Å². The monoisotopic (exact) mass is 431 g/mol. The van der Waals surface area contributed by atoms with Crippen LogP contribution in [0.15, 0.2) is 53.7 Å². The average Bonchev–Trinajstić information content (AvgIpc) is 3.16. The fraction of sp³-hybridized carbons (Fsp3) is 0.333. The van der Waals surface area contributed by atoms with Crippen molar-refractivity contribution in [3.8, 4) is 0 Å². The summed E-state index contributed by atoms with van der Waals surface area (Å²) in [5.74, 6) is 0.0954. The standard InChI is InChI=1S/C24H25N5O3/c1-14-21(15(2)32-28-14)17-8-9-19-18(12-17)24(27-23(26-19)22(25)30)29-10-11-31-13-20(29)16-6-4-3-5-7-16/h3-9,12,15,20-21H,10-11,13H2,1-2H3,(H2,25,30). The van der Waals surface area contributed by atoms with Crippen LogP contribution >= 0.6 is 0 Å². The van der Waals surface area contributed by atoms with Crippen molar-refractivity contribution in [2.75, 3.05) is 24.7 Å². The van der Waals surface area contributed by atoms with Crippen LogP contribution in [0.4, 0.5) is 5.82 Å². The number of carbonyl (C=O) groups excluding carboxylic acids is 1. The Balaban J connectivity index is 1.68. The summed E-state index contributed by atoms with van der Waals surface area (Å²) in [5, 5.41) is 5.02. The van der Waals surface area contributed by atoms with E-state index < -0.39 is 5.91 Å². The Bertz CT molecular complexity index is 1200. The summed E-state index contributed by atoms with van der Waals surface area (Å²) in [6.07, 6.45) is -0.0536. The second kappa shape index (κ2) is 8.20. The quantitative estimate of drug-likeness (QED) is 0.681. The number of ether oxygens (including phenoxy) is 1. The zero-order chi connectivity index (χ0) is 22.2. The number of benzene rings is 2. The van der Waals surface area contributed by atoms with Gasteiger partial charge in [-0.3, -0.25) is 4.79 Å². The zero-order valence-electron chi connectivity index (χ0n) is 18.1. The predicted molar refractivity (Wildman–Crippen MR) is 122 cm³/mol. The van der Waals surface area contributed by atoms with Crippen LogP contribution < -0.4 is 10.6 Å². The van der Waals surface area contributed by atoms with Gasteiger partial charge in [-0.1, -0.05) is 41.6 Å². The maximum Gasteiger partial charge on any atom is 0.286 e. The third kappa shape index (κ3) is 3.56. The molecule has 2 aliphatic heterocycles. The predicted octanol–water partition coefficient (Wildman–Crippen LogP) is 3.18. The molecular formula is C24H25N5O3. The van der Waals surface area contributed by atoms with Gasteiger partial charge >= 0.3 is 0 Å². The Kier molecular flexibility index (Phi) is 5.22. The van der Waals surface area contributed by atoms with Crippen LogP contribution in [0.3, 0.4) is 0 Å². The zero-order valence-corrected chi connectivity index (χ0v) is 18.1. The number of hydrogen-bond donors (Lipinski definition) is 1. The van der Waals surface area contributed by atoms with E-state index in [2.05, 4.69) is 38.2 Å². The largest absolute Gasteiger partial charge is 0.392 e. The Hall–Kier alpha value is -3.52. The lowest BCUT2D eigenvalue weighted by molar-refractivity contribution is 0.0905. The molecule has 1 aromatic heterocycles. The number of primary amides is 1. The first-order valence-electron chi connectivity index (χ1n) is 10.7. The molecule has 3 atom stereocenters. The van der Waals surface area contributed by atoms with Gasteiger partial charge in [-0.25, -0.2) is 9.97 Å². The molecule has 32 heavy (non-hydrogen) atoms. The van der Waals surface area contributed by atoms with E-state index in [0.717, 1.165) is 22.2 Å². The average molecular weight is 431 g/mol. The molecule has 3 heterocycles. The second-order valence-corrected chi connectivity index (χ2v) is 8.23. The highest BCUT2D eigenvalue weighted by Crippen LogP contribution is 2.36. The molecule has 3 aromatic rings. The van der Waals surface area contributed by atoms with Crippen LogP contribution in [0, 0.1) is 0 Å². The van der Waals surface area contributed by atoms with Crippen LogP contribution in [0.1, 0.15) is 47.6 Å². The van der Waals surface area contributed by atoms with Gasteiger partial charge in [0.05, 0.1) is 36.4 Å². The number of nitrogens with two attached hydrogens (primary N) is 1. The number of morpholine rings is 1. The number of carbonyl (C=O) groups is 1. The van der Waals surface area contributed by atoms with Gasteiger partial charge < -0.3 is 20.2 Å². The molecule has 5 rings (SSSR count). The third-order valence-corrected chi connectivity index (χ3v) is 6.15. The number of fused-ring (bicyclic) bond motifs is 1. The van der Waals surface area contributed by atoms with Crippen LogP contribution in [0.5, 0.6) is 0 Å². The second-order valence-electron chi connectivity index (χ2n) is 8.23. The summed E-state index contributed by atoms with van der Waals surface area (Å²) < 4.78 is 5.80. The Morgan fingerprint density at radius 1 is 1.12 bits per heavy atom. The fourth-order valence-corrected chi connectivity index (χ4v) is 4.60. The maximum atomic E-state index is 12.0. The van der Waals surface area contributed by atoms with Crippen molar-refractivity contribution in [1.82, 2.24) is 9.97 Å². The van der Waals surface area contributed by atoms with E-state index in [9.17, 15) is 4.79 Å². The molecular weight excluding hydrogens is 406 g/mol. The first-order valence-corrected chi connectivity index (χ1v) is 10.7. The van der Waals surface area contributed by atoms with E-state index >= 15 is 0 Å². The lowest BCUT2D eigenvalue weighted by Crippen LogP contribution is -2.40. The minimum atomic E-state index is -0.650. The smallest absolute Gasteiger partial charge is 0.286 e. The summed E-state index contributed by atoms with van der Waals surface area (Å²) in [6.45, 7) is 5.72. The van der Waals surface area contributed by atoms with Crippen LogP contribution in [0.25, 0.3) is 10.9 Å². The molecule has 2 aliphatic rings. The van der Waals surface area contributed by atoms with E-state index in [0.29, 0.717) is 31.1 Å². The van der Waals surface area contributed by atoms with Gasteiger partial charge in [0.1, 0.15) is 11.9 Å². The van der Waals surface area contributed by atoms with E-state index in [1.165, 1.54) is 0 Å². The lowest BCUT2D eigenvalue weighted by Gasteiger charge is -2.37. The van der Waals surface area contributed by atoms with Crippen LogP contribution in [-0.2, 0) is 9.57 Å². The molecule has 3 unspecified atom stereocenters. The first-order chi connectivity index (χ1) is 15.5. The molecule has 0 saturated carbocycles. The van der Waals surface area contributed by atoms with E-state index in [1.807, 2.05) is 44.2 Å². The van der Waals surface area contributed by atoms with Gasteiger partial charge in [0.25, 0.3) is 5.91 Å². The van der Waals surface area contributed by atoms with Crippen molar-refractivity contribution < 1.29 is 14.4 Å². The van der Waals surface area contributed by atoms with Crippen LogP contribution in [0.2, 0.25) is 0 Å². The normalized spacial score (nSPS) is 23.1. The molecule has 8 heteroatoms. The minimum Gasteiger partial charge on any atom is -0.392 e. The summed E-state index contributed by atoms with van der Waals surface area (Å²) >= 11 is 0. The molecule has 1 fully saturated rings. The van der Waals surface area contributed by atoms with Gasteiger partial charge in [0.2, 0.25) is 5.82 Å². The molecule has 1 amide bonds. The molecule has 1 saturated heterocycles. The third-order valence-electron chi connectivity index (χ3n) is 6.15. The fourth-order valence-electron chi connectivity index (χ4n) is 4.60. The van der Waals surface area contributed by atoms with Gasteiger partial charge in [0, 0.05) is 11.9 Å². The maximum absolute atomic E-state index is 12.0. The summed E-state index contributed by atoms with van der Waals surface area (Å²) in [6, 6.07) is 16.1. The number of nitrogens with zero attached hydrogens (tertiary/aromatic N) is 4. The summed E-state index contributed by atoms with van der Waals surface area (Å²) in [5.41, 5.74) is 9.38. The Morgan fingerprint density at radius 3 is 2.66 bits per heavy atom. The summed E-state index contributed by atoms with van der Waals surface area (Å²) in [4.78, 5) is 28.7. The molecule has 164 valence electrons. The van der Waals surface area contributed by atoms with Crippen molar-refractivity contribution in [3.63, 3.8) is 0 Å². The van der Waals surface area contributed by atoms with E-state index in [4.69, 9.17) is 15.3 Å². The molecule has 0 aliphatic carbocycles. The molecule has 0 radical (unpaired) electrons. The Morgan fingerprint density at radius 2 is 1.94 bits per heavy atom. The number of hydrogen-bond acceptors (Lipinski definition) is 7. The molecule has 2 aromatic carbocycles. The Labute approximate surface area is 186 Å². The van der Waals surface area contributed by atoms with Crippen molar-refractivity contribution in [2.45, 2.75) is 31.9 Å². The molecule has 2 N–H and O–H groups in total. The molecule has 0 bridgehead atoms. The van der Waals surface area contributed by atoms with Crippen molar-refractivity contribution >= 4 is 28.3 Å². The number of amides is 1. The summed E-state index contributed by atoms with van der Waals surface area (Å²) in [7, 11) is 0. The van der Waals surface area contributed by atoms with Crippen molar-refractivity contribution in [2.24, 2.45) is 10.9 Å². The van der Waals surface area contributed by atoms with Crippen molar-refractivity contribution in [3.05, 3.63) is 65.5 Å². The number of rotatable bonds is 4. The van der Waals surface area contributed by atoms with Crippen LogP contribution in [-0.4, -0.2) is 47.4 Å². The topological polar surface area (TPSA) is 103 Å². The van der Waals surface area contributed by atoms with Gasteiger partial charge in [0.15, 0.2) is 0 Å². The van der Waals surface area contributed by atoms with E-state index in [1.54, 1.807) is 0 Å². The number of oxime groups is 1. The molecule has 8 nitrogen and oxygen atoms in total. The highest BCUT2D eigenvalue weighted by molar-refractivity contribution is 5.97. The highest BCUT2D eigenvalue weighted by atomic mass is 16.6. The minimum absolute atomic E-state index is 0.00821. The van der Waals surface area contributed by atoms with E-state index in [-0.39, 0.29) is 23.9 Å². The SMILES string of the molecule is CC1=NOC(C)C1c1ccc2nc(C(N)=O)nc(N3CCOCC3c3ccccc3)c2c1.